The van der Waals surface area contributed by atoms with Crippen LogP contribution in [-0.4, -0.2) is 48.5 Å². The number of hydrogen-bond donors (Lipinski definition) is 1. The van der Waals surface area contributed by atoms with Crippen molar-refractivity contribution in [2.24, 2.45) is 0 Å². The Hall–Kier alpha value is -3.59. The van der Waals surface area contributed by atoms with Crippen molar-refractivity contribution in [3.05, 3.63) is 64.6 Å². The van der Waals surface area contributed by atoms with Crippen molar-refractivity contribution in [3.8, 4) is 17.2 Å². The molecule has 1 N–H and O–H groups in total. The van der Waals surface area contributed by atoms with Gasteiger partial charge < -0.3 is 24.4 Å². The van der Waals surface area contributed by atoms with Crippen LogP contribution < -0.4 is 19.5 Å². The molecule has 0 unspecified atom stereocenters. The number of nitrogens with one attached hydrogen (secondary N) is 1. The molecule has 2 aromatic carbocycles. The molecule has 0 spiro atoms. The van der Waals surface area contributed by atoms with E-state index in [1.807, 2.05) is 10.3 Å². The average molecular weight is 468 g/mol. The molecular formula is C24H25N3O5S. The van der Waals surface area contributed by atoms with Crippen molar-refractivity contribution in [1.29, 1.82) is 0 Å². The highest BCUT2D eigenvalue weighted by Gasteiger charge is 2.18. The quantitative estimate of drug-likeness (QED) is 0.512. The lowest BCUT2D eigenvalue weighted by molar-refractivity contribution is -0.132. The summed E-state index contributed by atoms with van der Waals surface area (Å²) in [5, 5.41) is 4.76. The summed E-state index contributed by atoms with van der Waals surface area (Å²) >= 11 is 1.50. The van der Waals surface area contributed by atoms with Gasteiger partial charge in [0.25, 0.3) is 11.8 Å². The Morgan fingerprint density at radius 1 is 1.09 bits per heavy atom. The molecular weight excluding hydrogens is 442 g/mol. The molecule has 1 fully saturated rings. The number of amides is 2. The van der Waals surface area contributed by atoms with Crippen LogP contribution in [0.4, 0.5) is 5.69 Å². The largest absolute Gasteiger partial charge is 0.493 e. The summed E-state index contributed by atoms with van der Waals surface area (Å²) in [6.07, 6.45) is 2.08. The fourth-order valence-electron chi connectivity index (χ4n) is 3.46. The van der Waals surface area contributed by atoms with Gasteiger partial charge in [0.2, 0.25) is 0 Å². The van der Waals surface area contributed by atoms with Gasteiger partial charge in [0.1, 0.15) is 12.4 Å². The number of aromatic nitrogens is 1. The topological polar surface area (TPSA) is 90.0 Å². The maximum absolute atomic E-state index is 12.8. The predicted octanol–water partition coefficient (Wildman–Crippen LogP) is 3.98. The molecule has 1 aliphatic heterocycles. The summed E-state index contributed by atoms with van der Waals surface area (Å²) in [6, 6.07) is 12.0. The predicted molar refractivity (Wildman–Crippen MR) is 125 cm³/mol. The number of methoxy groups -OCH3 is 1. The van der Waals surface area contributed by atoms with E-state index in [-0.39, 0.29) is 18.4 Å². The Balaban J connectivity index is 1.36. The highest BCUT2D eigenvalue weighted by Crippen LogP contribution is 2.29. The van der Waals surface area contributed by atoms with Crippen LogP contribution >= 0.6 is 11.3 Å². The Bertz CT molecular complexity index is 1100. The summed E-state index contributed by atoms with van der Waals surface area (Å²) in [7, 11) is 1.52. The van der Waals surface area contributed by atoms with E-state index >= 15 is 0 Å². The van der Waals surface area contributed by atoms with Gasteiger partial charge in [-0.25, -0.2) is 4.98 Å². The zero-order valence-corrected chi connectivity index (χ0v) is 19.1. The number of benzene rings is 2. The maximum atomic E-state index is 12.8. The number of ether oxygens (including phenoxy) is 3. The molecule has 0 saturated carbocycles. The molecule has 1 saturated heterocycles. The summed E-state index contributed by atoms with van der Waals surface area (Å²) in [4.78, 5) is 30.9. The standard InChI is InChI=1S/C24H25N3O5S/c1-30-22-11-17(7-8-21(22)32-13-19-15-33-16-25-19)24(29)26-18-5-4-6-20(12-18)31-14-23(28)27-9-2-3-10-27/h4-8,11-12,15-16H,2-3,9-10,13-14H2,1H3,(H,26,29). The average Bonchev–Trinajstić information content (AvgIpc) is 3.56. The van der Waals surface area contributed by atoms with Gasteiger partial charge in [-0.05, 0) is 43.2 Å². The van der Waals surface area contributed by atoms with Crippen molar-refractivity contribution >= 4 is 28.8 Å². The highest BCUT2D eigenvalue weighted by atomic mass is 32.1. The van der Waals surface area contributed by atoms with Gasteiger partial charge in [0, 0.05) is 35.8 Å². The van der Waals surface area contributed by atoms with E-state index < -0.39 is 0 Å². The Morgan fingerprint density at radius 2 is 1.94 bits per heavy atom. The summed E-state index contributed by atoms with van der Waals surface area (Å²) in [6.45, 7) is 1.88. The molecule has 0 radical (unpaired) electrons. The molecule has 33 heavy (non-hydrogen) atoms. The first-order valence-electron chi connectivity index (χ1n) is 10.6. The van der Waals surface area contributed by atoms with Crippen molar-refractivity contribution < 1.29 is 23.8 Å². The SMILES string of the molecule is COc1cc(C(=O)Nc2cccc(OCC(=O)N3CCCC3)c2)ccc1OCc1cscn1. The van der Waals surface area contributed by atoms with Crippen LogP contribution in [0, 0.1) is 0 Å². The number of rotatable bonds is 9. The maximum Gasteiger partial charge on any atom is 0.260 e. The molecule has 4 rings (SSSR count). The first-order valence-corrected chi connectivity index (χ1v) is 11.6. The molecule has 0 bridgehead atoms. The van der Waals surface area contributed by atoms with E-state index in [0.29, 0.717) is 35.1 Å². The summed E-state index contributed by atoms with van der Waals surface area (Å²) in [5.74, 6) is 1.18. The lowest BCUT2D eigenvalue weighted by Crippen LogP contribution is -2.32. The highest BCUT2D eigenvalue weighted by molar-refractivity contribution is 7.07. The van der Waals surface area contributed by atoms with Crippen LogP contribution in [0.5, 0.6) is 17.2 Å². The summed E-state index contributed by atoms with van der Waals surface area (Å²) in [5.41, 5.74) is 3.56. The molecule has 1 aliphatic rings. The Kier molecular flexibility index (Phi) is 7.41. The van der Waals surface area contributed by atoms with Crippen molar-refractivity contribution in [1.82, 2.24) is 9.88 Å². The molecule has 0 atom stereocenters. The molecule has 8 nitrogen and oxygen atoms in total. The van der Waals surface area contributed by atoms with E-state index in [4.69, 9.17) is 14.2 Å². The van der Waals surface area contributed by atoms with Crippen LogP contribution in [-0.2, 0) is 11.4 Å². The smallest absolute Gasteiger partial charge is 0.260 e. The second-order valence-electron chi connectivity index (χ2n) is 7.49. The van der Waals surface area contributed by atoms with E-state index in [9.17, 15) is 9.59 Å². The third-order valence-electron chi connectivity index (χ3n) is 5.20. The van der Waals surface area contributed by atoms with Crippen LogP contribution in [0.15, 0.2) is 53.4 Å². The zero-order chi connectivity index (χ0) is 23.0. The number of carbonyl (C=O) groups is 2. The Labute approximate surface area is 196 Å². The van der Waals surface area contributed by atoms with Gasteiger partial charge in [-0.1, -0.05) is 6.07 Å². The van der Waals surface area contributed by atoms with Crippen LogP contribution in [0.25, 0.3) is 0 Å². The molecule has 172 valence electrons. The fraction of sp³-hybridized carbons (Fsp3) is 0.292. The van der Waals surface area contributed by atoms with Crippen LogP contribution in [0.3, 0.4) is 0 Å². The second kappa shape index (κ2) is 10.8. The van der Waals surface area contributed by atoms with E-state index in [1.165, 1.54) is 18.4 Å². The second-order valence-corrected chi connectivity index (χ2v) is 8.21. The van der Waals surface area contributed by atoms with Crippen LogP contribution in [0.2, 0.25) is 0 Å². The van der Waals surface area contributed by atoms with Crippen molar-refractivity contribution in [2.75, 3.05) is 32.1 Å². The minimum absolute atomic E-state index is 0.0169. The number of likely N-dealkylation sites (tertiary alicyclic amines) is 1. The summed E-state index contributed by atoms with van der Waals surface area (Å²) < 4.78 is 16.8. The molecule has 9 heteroatoms. The van der Waals surface area contributed by atoms with Gasteiger partial charge in [0.05, 0.1) is 18.3 Å². The van der Waals surface area contributed by atoms with Gasteiger partial charge in [0.15, 0.2) is 18.1 Å². The zero-order valence-electron chi connectivity index (χ0n) is 18.3. The third kappa shape index (κ3) is 6.01. The first-order chi connectivity index (χ1) is 16.1. The Morgan fingerprint density at radius 3 is 2.70 bits per heavy atom. The van der Waals surface area contributed by atoms with Gasteiger partial charge in [-0.2, -0.15) is 0 Å². The van der Waals surface area contributed by atoms with Crippen molar-refractivity contribution in [3.63, 3.8) is 0 Å². The molecule has 0 aliphatic carbocycles. The minimum Gasteiger partial charge on any atom is -0.493 e. The first kappa shape index (κ1) is 22.6. The van der Waals surface area contributed by atoms with E-state index in [0.717, 1.165) is 31.6 Å². The normalized spacial score (nSPS) is 12.9. The lowest BCUT2D eigenvalue weighted by Gasteiger charge is -2.16. The number of carbonyl (C=O) groups excluding carboxylic acids is 2. The van der Waals surface area contributed by atoms with E-state index in [2.05, 4.69) is 10.3 Å². The molecule has 1 aromatic heterocycles. The number of thiazole rings is 1. The number of hydrogen-bond acceptors (Lipinski definition) is 7. The molecule has 3 aromatic rings. The number of nitrogens with zero attached hydrogens (tertiary/aromatic N) is 2. The molecule has 2 heterocycles. The van der Waals surface area contributed by atoms with E-state index in [1.54, 1.807) is 48.0 Å². The third-order valence-corrected chi connectivity index (χ3v) is 5.83. The van der Waals surface area contributed by atoms with Crippen molar-refractivity contribution in [2.45, 2.75) is 19.4 Å². The monoisotopic (exact) mass is 467 g/mol. The van der Waals surface area contributed by atoms with Crippen LogP contribution in [0.1, 0.15) is 28.9 Å². The lowest BCUT2D eigenvalue weighted by atomic mass is 10.1. The van der Waals surface area contributed by atoms with Gasteiger partial charge in [-0.15, -0.1) is 11.3 Å². The minimum atomic E-state index is -0.301. The number of anilines is 1. The molecule has 2 amide bonds. The fourth-order valence-corrected chi connectivity index (χ4v) is 4.00. The van der Waals surface area contributed by atoms with Gasteiger partial charge in [-0.3, -0.25) is 9.59 Å². The van der Waals surface area contributed by atoms with Gasteiger partial charge >= 0.3 is 0 Å².